The Kier molecular flexibility index (Phi) is 3.14. The fourth-order valence-electron chi connectivity index (χ4n) is 3.06. The van der Waals surface area contributed by atoms with Gasteiger partial charge >= 0.3 is 0 Å². The van der Waals surface area contributed by atoms with Crippen molar-refractivity contribution < 1.29 is 9.47 Å². The van der Waals surface area contributed by atoms with Crippen LogP contribution in [-0.4, -0.2) is 39.0 Å². The molecule has 0 bridgehead atoms. The van der Waals surface area contributed by atoms with Crippen LogP contribution in [0.1, 0.15) is 16.7 Å². The van der Waals surface area contributed by atoms with E-state index in [4.69, 9.17) is 9.47 Å². The van der Waals surface area contributed by atoms with E-state index >= 15 is 0 Å². The second-order valence-electron chi connectivity index (χ2n) is 5.55. The summed E-state index contributed by atoms with van der Waals surface area (Å²) >= 11 is 0. The Morgan fingerprint density at radius 2 is 2.06 bits per heavy atom. The van der Waals surface area contributed by atoms with E-state index in [1.165, 1.54) is 16.7 Å². The van der Waals surface area contributed by atoms with Crippen LogP contribution in [0.5, 0.6) is 0 Å². The lowest BCUT2D eigenvalue weighted by Gasteiger charge is -2.49. The van der Waals surface area contributed by atoms with Crippen LogP contribution < -0.4 is 5.32 Å². The lowest BCUT2D eigenvalue weighted by Crippen LogP contribution is -2.64. The standard InChI is InChI=1S/C15H21NO2/c1-11-3-4-12(2)13(7-11)15(9-18-10-15)14-8-17-6-5-16-14/h3-4,7,14,16H,5-6,8-10H2,1-2H3. The van der Waals surface area contributed by atoms with Crippen molar-refractivity contribution in [1.82, 2.24) is 5.32 Å². The maximum absolute atomic E-state index is 5.64. The lowest BCUT2D eigenvalue weighted by atomic mass is 9.70. The third kappa shape index (κ3) is 1.87. The highest BCUT2D eigenvalue weighted by Crippen LogP contribution is 2.38. The molecule has 0 aromatic heterocycles. The molecule has 0 radical (unpaired) electrons. The van der Waals surface area contributed by atoms with Gasteiger partial charge in [-0.3, -0.25) is 0 Å². The van der Waals surface area contributed by atoms with Crippen LogP contribution in [0.2, 0.25) is 0 Å². The van der Waals surface area contributed by atoms with Crippen molar-refractivity contribution in [1.29, 1.82) is 0 Å². The number of benzene rings is 1. The summed E-state index contributed by atoms with van der Waals surface area (Å²) in [6.07, 6.45) is 0. The molecule has 0 amide bonds. The maximum Gasteiger partial charge on any atom is 0.0630 e. The van der Waals surface area contributed by atoms with Crippen molar-refractivity contribution in [2.24, 2.45) is 0 Å². The zero-order valence-electron chi connectivity index (χ0n) is 11.2. The molecule has 1 unspecified atom stereocenters. The van der Waals surface area contributed by atoms with Gasteiger partial charge in [-0.25, -0.2) is 0 Å². The fraction of sp³-hybridized carbons (Fsp3) is 0.600. The first-order valence-corrected chi connectivity index (χ1v) is 6.69. The quantitative estimate of drug-likeness (QED) is 0.860. The second-order valence-corrected chi connectivity index (χ2v) is 5.55. The van der Waals surface area contributed by atoms with Crippen LogP contribution in [0.25, 0.3) is 0 Å². The van der Waals surface area contributed by atoms with E-state index in [0.29, 0.717) is 6.04 Å². The normalized spacial score (nSPS) is 26.7. The molecule has 3 nitrogen and oxygen atoms in total. The summed E-state index contributed by atoms with van der Waals surface area (Å²) in [7, 11) is 0. The molecular weight excluding hydrogens is 226 g/mol. The molecular formula is C15H21NO2. The number of aryl methyl sites for hydroxylation is 2. The van der Waals surface area contributed by atoms with E-state index in [-0.39, 0.29) is 5.41 Å². The Morgan fingerprint density at radius 3 is 2.67 bits per heavy atom. The van der Waals surface area contributed by atoms with E-state index < -0.39 is 0 Å². The Balaban J connectivity index is 1.97. The van der Waals surface area contributed by atoms with Crippen molar-refractivity contribution in [2.45, 2.75) is 25.3 Å². The summed E-state index contributed by atoms with van der Waals surface area (Å²) < 4.78 is 11.2. The molecule has 3 rings (SSSR count). The monoisotopic (exact) mass is 247 g/mol. The largest absolute Gasteiger partial charge is 0.379 e. The zero-order valence-corrected chi connectivity index (χ0v) is 11.2. The predicted molar refractivity (Wildman–Crippen MR) is 71.0 cm³/mol. The van der Waals surface area contributed by atoms with Crippen LogP contribution in [0.3, 0.4) is 0 Å². The molecule has 1 aromatic carbocycles. The Morgan fingerprint density at radius 1 is 1.22 bits per heavy atom. The minimum Gasteiger partial charge on any atom is -0.379 e. The highest BCUT2D eigenvalue weighted by atomic mass is 16.5. The average Bonchev–Trinajstić information content (AvgIpc) is 2.34. The van der Waals surface area contributed by atoms with Gasteiger partial charge < -0.3 is 14.8 Å². The summed E-state index contributed by atoms with van der Waals surface area (Å²) in [5.74, 6) is 0. The summed E-state index contributed by atoms with van der Waals surface area (Å²) in [5.41, 5.74) is 4.21. The molecule has 2 heterocycles. The molecule has 1 aromatic rings. The van der Waals surface area contributed by atoms with Gasteiger partial charge in [-0.2, -0.15) is 0 Å². The van der Waals surface area contributed by atoms with Gasteiger partial charge in [-0.15, -0.1) is 0 Å². The van der Waals surface area contributed by atoms with E-state index in [0.717, 1.165) is 33.0 Å². The van der Waals surface area contributed by atoms with Crippen molar-refractivity contribution in [2.75, 3.05) is 33.0 Å². The van der Waals surface area contributed by atoms with Gasteiger partial charge in [0.2, 0.25) is 0 Å². The molecule has 1 atom stereocenters. The second kappa shape index (κ2) is 4.65. The topological polar surface area (TPSA) is 30.5 Å². The van der Waals surface area contributed by atoms with Crippen LogP contribution in [0.15, 0.2) is 18.2 Å². The first-order chi connectivity index (χ1) is 8.72. The number of hydrogen-bond acceptors (Lipinski definition) is 3. The molecule has 18 heavy (non-hydrogen) atoms. The van der Waals surface area contributed by atoms with Crippen molar-refractivity contribution in [3.63, 3.8) is 0 Å². The highest BCUT2D eigenvalue weighted by molar-refractivity contribution is 5.40. The minimum atomic E-state index is 0.108. The number of ether oxygens (including phenoxy) is 2. The Hall–Kier alpha value is -0.900. The number of rotatable bonds is 2. The number of morpholine rings is 1. The maximum atomic E-state index is 5.64. The SMILES string of the molecule is Cc1ccc(C)c(C2(C3COCCN3)COC2)c1. The molecule has 98 valence electrons. The van der Waals surface area contributed by atoms with Crippen LogP contribution in [0, 0.1) is 13.8 Å². The molecule has 2 aliphatic rings. The highest BCUT2D eigenvalue weighted by Gasteiger charge is 2.48. The Bertz CT molecular complexity index is 434. The average molecular weight is 247 g/mol. The van der Waals surface area contributed by atoms with E-state index in [9.17, 15) is 0 Å². The Labute approximate surface area is 108 Å². The van der Waals surface area contributed by atoms with Gasteiger partial charge in [-0.1, -0.05) is 23.8 Å². The lowest BCUT2D eigenvalue weighted by molar-refractivity contribution is -0.101. The van der Waals surface area contributed by atoms with E-state index in [1.807, 2.05) is 0 Å². The van der Waals surface area contributed by atoms with Crippen LogP contribution in [-0.2, 0) is 14.9 Å². The van der Waals surface area contributed by atoms with Crippen LogP contribution in [0.4, 0.5) is 0 Å². The molecule has 0 spiro atoms. The predicted octanol–water partition coefficient (Wildman–Crippen LogP) is 1.56. The molecule has 2 aliphatic heterocycles. The van der Waals surface area contributed by atoms with Gasteiger partial charge in [0.15, 0.2) is 0 Å². The van der Waals surface area contributed by atoms with Gasteiger partial charge in [0, 0.05) is 12.6 Å². The van der Waals surface area contributed by atoms with Crippen molar-refractivity contribution in [3.05, 3.63) is 34.9 Å². The van der Waals surface area contributed by atoms with Gasteiger partial charge in [0.25, 0.3) is 0 Å². The molecule has 3 heteroatoms. The fourth-order valence-corrected chi connectivity index (χ4v) is 3.06. The molecule has 0 saturated carbocycles. The minimum absolute atomic E-state index is 0.108. The van der Waals surface area contributed by atoms with Gasteiger partial charge in [0.05, 0.1) is 31.8 Å². The summed E-state index contributed by atoms with van der Waals surface area (Å²) in [4.78, 5) is 0. The zero-order chi connectivity index (χ0) is 12.6. The molecule has 0 aliphatic carbocycles. The molecule has 2 saturated heterocycles. The smallest absolute Gasteiger partial charge is 0.0630 e. The molecule has 1 N–H and O–H groups in total. The van der Waals surface area contributed by atoms with Gasteiger partial charge in [-0.05, 0) is 25.0 Å². The third-order valence-electron chi connectivity index (χ3n) is 4.24. The number of hydrogen-bond donors (Lipinski definition) is 1. The molecule has 2 fully saturated rings. The summed E-state index contributed by atoms with van der Waals surface area (Å²) in [6, 6.07) is 7.08. The van der Waals surface area contributed by atoms with Crippen LogP contribution >= 0.6 is 0 Å². The van der Waals surface area contributed by atoms with E-state index in [2.05, 4.69) is 37.4 Å². The van der Waals surface area contributed by atoms with E-state index in [1.54, 1.807) is 0 Å². The summed E-state index contributed by atoms with van der Waals surface area (Å²) in [5, 5.41) is 3.60. The van der Waals surface area contributed by atoms with Crippen molar-refractivity contribution >= 4 is 0 Å². The summed E-state index contributed by atoms with van der Waals surface area (Å²) in [6.45, 7) is 8.50. The first kappa shape index (κ1) is 12.2. The number of nitrogens with one attached hydrogen (secondary N) is 1. The first-order valence-electron chi connectivity index (χ1n) is 6.69. The van der Waals surface area contributed by atoms with Gasteiger partial charge in [0.1, 0.15) is 0 Å². The van der Waals surface area contributed by atoms with Crippen molar-refractivity contribution in [3.8, 4) is 0 Å². The third-order valence-corrected chi connectivity index (χ3v) is 4.24.